The fraction of sp³-hybridized carbons (Fsp3) is 0.263. The predicted molar refractivity (Wildman–Crippen MR) is 95.2 cm³/mol. The number of rotatable bonds is 5. The number of anilines is 1. The summed E-state index contributed by atoms with van der Waals surface area (Å²) in [4.78, 5) is 4.26. The van der Waals surface area contributed by atoms with Crippen LogP contribution in [0.2, 0.25) is 0 Å². The summed E-state index contributed by atoms with van der Waals surface area (Å²) in [5.74, 6) is 1.47. The molecule has 0 bridgehead atoms. The van der Waals surface area contributed by atoms with Crippen LogP contribution in [-0.2, 0) is 0 Å². The number of benzene rings is 2. The van der Waals surface area contributed by atoms with E-state index in [0.717, 1.165) is 11.3 Å². The summed E-state index contributed by atoms with van der Waals surface area (Å²) in [7, 11) is 1.62. The summed E-state index contributed by atoms with van der Waals surface area (Å²) in [6.07, 6.45) is 2.03. The molecule has 0 radical (unpaired) electrons. The lowest BCUT2D eigenvalue weighted by atomic mass is 9.93. The van der Waals surface area contributed by atoms with Crippen molar-refractivity contribution in [3.63, 3.8) is 0 Å². The number of halogens is 2. The SMILES string of the molecule is COc1cccc([C@H]2C[C@@H](c3ccccc3OC(F)F)n3ncnc3N2)c1. The van der Waals surface area contributed by atoms with Crippen LogP contribution < -0.4 is 14.8 Å². The summed E-state index contributed by atoms with van der Waals surface area (Å²) in [6.45, 7) is -2.89. The first-order valence-corrected chi connectivity index (χ1v) is 8.49. The zero-order chi connectivity index (χ0) is 18.8. The van der Waals surface area contributed by atoms with Gasteiger partial charge in [0.2, 0.25) is 5.95 Å². The number of para-hydroxylation sites is 1. The van der Waals surface area contributed by atoms with E-state index in [1.807, 2.05) is 24.3 Å². The minimum Gasteiger partial charge on any atom is -0.497 e. The third-order valence-corrected chi connectivity index (χ3v) is 4.62. The number of methoxy groups -OCH3 is 1. The zero-order valence-electron chi connectivity index (χ0n) is 14.5. The molecule has 1 aliphatic heterocycles. The first-order chi connectivity index (χ1) is 13.2. The molecule has 140 valence electrons. The van der Waals surface area contributed by atoms with Crippen molar-refractivity contribution >= 4 is 5.95 Å². The topological polar surface area (TPSA) is 61.2 Å². The van der Waals surface area contributed by atoms with Gasteiger partial charge in [-0.05, 0) is 30.2 Å². The molecule has 0 fully saturated rings. The zero-order valence-corrected chi connectivity index (χ0v) is 14.5. The van der Waals surface area contributed by atoms with Crippen LogP contribution in [0.1, 0.15) is 29.6 Å². The molecule has 0 spiro atoms. The van der Waals surface area contributed by atoms with Crippen LogP contribution in [0.5, 0.6) is 11.5 Å². The van der Waals surface area contributed by atoms with E-state index in [0.29, 0.717) is 17.9 Å². The summed E-state index contributed by atoms with van der Waals surface area (Å²) >= 11 is 0. The van der Waals surface area contributed by atoms with Crippen molar-refractivity contribution in [2.75, 3.05) is 12.4 Å². The Kier molecular flexibility index (Phi) is 4.62. The number of nitrogens with one attached hydrogen (secondary N) is 1. The van der Waals surface area contributed by atoms with Crippen molar-refractivity contribution in [2.24, 2.45) is 0 Å². The molecule has 27 heavy (non-hydrogen) atoms. The van der Waals surface area contributed by atoms with Gasteiger partial charge in [-0.15, -0.1) is 0 Å². The van der Waals surface area contributed by atoms with Gasteiger partial charge < -0.3 is 14.8 Å². The van der Waals surface area contributed by atoms with Gasteiger partial charge in [-0.2, -0.15) is 18.9 Å². The van der Waals surface area contributed by atoms with E-state index in [4.69, 9.17) is 9.47 Å². The number of hydrogen-bond donors (Lipinski definition) is 1. The predicted octanol–water partition coefficient (Wildman–Crippen LogP) is 4.03. The van der Waals surface area contributed by atoms with Crippen molar-refractivity contribution < 1.29 is 18.3 Å². The van der Waals surface area contributed by atoms with Crippen molar-refractivity contribution in [3.05, 3.63) is 66.0 Å². The number of fused-ring (bicyclic) bond motifs is 1. The Morgan fingerprint density at radius 2 is 2.04 bits per heavy atom. The molecule has 0 saturated carbocycles. The quantitative estimate of drug-likeness (QED) is 0.733. The largest absolute Gasteiger partial charge is 0.497 e. The molecule has 0 saturated heterocycles. The van der Waals surface area contributed by atoms with Crippen molar-refractivity contribution in [2.45, 2.75) is 25.1 Å². The first-order valence-electron chi connectivity index (χ1n) is 8.49. The van der Waals surface area contributed by atoms with E-state index in [9.17, 15) is 8.78 Å². The van der Waals surface area contributed by atoms with Gasteiger partial charge in [0.05, 0.1) is 19.2 Å². The maximum Gasteiger partial charge on any atom is 0.387 e. The lowest BCUT2D eigenvalue weighted by Gasteiger charge is -2.32. The van der Waals surface area contributed by atoms with E-state index in [-0.39, 0.29) is 17.8 Å². The highest BCUT2D eigenvalue weighted by molar-refractivity contribution is 5.43. The fourth-order valence-corrected chi connectivity index (χ4v) is 3.41. The molecule has 2 heterocycles. The second-order valence-corrected chi connectivity index (χ2v) is 6.17. The lowest BCUT2D eigenvalue weighted by Crippen LogP contribution is -2.28. The highest BCUT2D eigenvalue weighted by Gasteiger charge is 2.32. The van der Waals surface area contributed by atoms with E-state index in [2.05, 4.69) is 15.4 Å². The summed E-state index contributed by atoms with van der Waals surface area (Å²) in [5.41, 5.74) is 1.65. The Hall–Kier alpha value is -3.16. The van der Waals surface area contributed by atoms with Crippen LogP contribution in [0.25, 0.3) is 0 Å². The Morgan fingerprint density at radius 1 is 1.19 bits per heavy atom. The summed E-state index contributed by atoms with van der Waals surface area (Å²) in [6, 6.07) is 14.1. The van der Waals surface area contributed by atoms with E-state index in [1.54, 1.807) is 36.1 Å². The molecule has 3 aromatic rings. The van der Waals surface area contributed by atoms with Gasteiger partial charge in [0.15, 0.2) is 0 Å². The Bertz CT molecular complexity index is 931. The normalized spacial score (nSPS) is 18.7. The molecule has 2 atom stereocenters. The van der Waals surface area contributed by atoms with Crippen molar-refractivity contribution in [1.29, 1.82) is 0 Å². The van der Waals surface area contributed by atoms with Gasteiger partial charge in [-0.3, -0.25) is 0 Å². The number of hydrogen-bond acceptors (Lipinski definition) is 5. The molecular weight excluding hydrogens is 354 g/mol. The van der Waals surface area contributed by atoms with E-state index in [1.165, 1.54) is 6.33 Å². The van der Waals surface area contributed by atoms with Crippen LogP contribution in [0.15, 0.2) is 54.9 Å². The molecule has 1 aromatic heterocycles. The minimum atomic E-state index is -2.89. The Morgan fingerprint density at radius 3 is 2.85 bits per heavy atom. The first kappa shape index (κ1) is 17.3. The fourth-order valence-electron chi connectivity index (χ4n) is 3.41. The third kappa shape index (κ3) is 3.42. The maximum atomic E-state index is 12.8. The highest BCUT2D eigenvalue weighted by Crippen LogP contribution is 2.41. The number of nitrogens with zero attached hydrogens (tertiary/aromatic N) is 3. The van der Waals surface area contributed by atoms with E-state index >= 15 is 0 Å². The van der Waals surface area contributed by atoms with Gasteiger partial charge >= 0.3 is 6.61 Å². The van der Waals surface area contributed by atoms with Crippen molar-refractivity contribution in [3.8, 4) is 11.5 Å². The van der Waals surface area contributed by atoms with Crippen LogP contribution in [0.3, 0.4) is 0 Å². The molecule has 4 rings (SSSR count). The molecule has 2 aromatic carbocycles. The van der Waals surface area contributed by atoms with Crippen molar-refractivity contribution in [1.82, 2.24) is 14.8 Å². The Labute approximate surface area is 154 Å². The third-order valence-electron chi connectivity index (χ3n) is 4.62. The second-order valence-electron chi connectivity index (χ2n) is 6.17. The number of ether oxygens (including phenoxy) is 2. The van der Waals surface area contributed by atoms with Crippen LogP contribution in [0.4, 0.5) is 14.7 Å². The van der Waals surface area contributed by atoms with Crippen LogP contribution >= 0.6 is 0 Å². The molecular formula is C19H18F2N4O2. The van der Waals surface area contributed by atoms with Crippen LogP contribution in [0, 0.1) is 0 Å². The number of aromatic nitrogens is 3. The summed E-state index contributed by atoms with van der Waals surface area (Å²) < 4.78 is 37.4. The molecule has 0 amide bonds. The van der Waals surface area contributed by atoms with E-state index < -0.39 is 6.61 Å². The van der Waals surface area contributed by atoms with Gasteiger partial charge in [0.1, 0.15) is 17.8 Å². The monoisotopic (exact) mass is 372 g/mol. The smallest absolute Gasteiger partial charge is 0.387 e. The minimum absolute atomic E-state index is 0.0820. The molecule has 0 aliphatic carbocycles. The van der Waals surface area contributed by atoms with Gasteiger partial charge in [-0.1, -0.05) is 30.3 Å². The highest BCUT2D eigenvalue weighted by atomic mass is 19.3. The Balaban J connectivity index is 1.73. The lowest BCUT2D eigenvalue weighted by molar-refractivity contribution is -0.0507. The molecule has 1 N–H and O–H groups in total. The average molecular weight is 372 g/mol. The van der Waals surface area contributed by atoms with Crippen LogP contribution in [-0.4, -0.2) is 28.5 Å². The van der Waals surface area contributed by atoms with Gasteiger partial charge in [0, 0.05) is 5.56 Å². The molecule has 1 aliphatic rings. The molecule has 0 unspecified atom stereocenters. The standard InChI is InChI=1S/C19H18F2N4O2/c1-26-13-6-4-5-12(9-13)15-10-16(25-19(24-15)22-11-23-25)14-7-2-3-8-17(14)27-18(20)21/h2-9,11,15-16,18H,10H2,1H3,(H,22,23,24)/t15-,16+/m1/s1. The second kappa shape index (κ2) is 7.22. The van der Waals surface area contributed by atoms with Gasteiger partial charge in [-0.25, -0.2) is 4.68 Å². The number of alkyl halides is 2. The molecule has 8 heteroatoms. The maximum absolute atomic E-state index is 12.8. The van der Waals surface area contributed by atoms with Gasteiger partial charge in [0.25, 0.3) is 0 Å². The average Bonchev–Trinajstić information content (AvgIpc) is 3.16. The summed E-state index contributed by atoms with van der Waals surface area (Å²) in [5, 5.41) is 7.62. The molecule has 6 nitrogen and oxygen atoms in total.